The standard InChI is InChI=1S/C12H23N3O3/c1-14-7-9-15(10-8-14)12(18)13-6-4-2-3-5-11(16)17/h2-10H2,1H3,(H,13,18)(H,16,17). The third-order valence-corrected chi connectivity index (χ3v) is 3.13. The van der Waals surface area contributed by atoms with Gasteiger partial charge in [-0.05, 0) is 19.9 Å². The summed E-state index contributed by atoms with van der Waals surface area (Å²) in [6.45, 7) is 4.03. The summed E-state index contributed by atoms with van der Waals surface area (Å²) in [5.74, 6) is -0.753. The number of carboxylic acid groups (broad SMARTS) is 1. The molecule has 104 valence electrons. The Morgan fingerprint density at radius 2 is 1.78 bits per heavy atom. The number of piperazine rings is 1. The number of unbranched alkanes of at least 4 members (excludes halogenated alkanes) is 2. The van der Waals surface area contributed by atoms with Gasteiger partial charge in [-0.25, -0.2) is 4.79 Å². The van der Waals surface area contributed by atoms with E-state index in [9.17, 15) is 9.59 Å². The maximum atomic E-state index is 11.7. The van der Waals surface area contributed by atoms with Crippen LogP contribution in [0.4, 0.5) is 4.79 Å². The highest BCUT2D eigenvalue weighted by atomic mass is 16.4. The van der Waals surface area contributed by atoms with Crippen LogP contribution in [0.25, 0.3) is 0 Å². The Labute approximate surface area is 108 Å². The number of urea groups is 1. The van der Waals surface area contributed by atoms with Gasteiger partial charge in [-0.2, -0.15) is 0 Å². The van der Waals surface area contributed by atoms with E-state index < -0.39 is 5.97 Å². The van der Waals surface area contributed by atoms with Crippen molar-refractivity contribution in [3.63, 3.8) is 0 Å². The lowest BCUT2D eigenvalue weighted by Gasteiger charge is -2.32. The number of carbonyl (C=O) groups excluding carboxylic acids is 1. The highest BCUT2D eigenvalue weighted by Gasteiger charge is 2.17. The SMILES string of the molecule is CN1CCN(C(=O)NCCCCCC(=O)O)CC1. The zero-order valence-corrected chi connectivity index (χ0v) is 11.0. The zero-order valence-electron chi connectivity index (χ0n) is 11.0. The van der Waals surface area contributed by atoms with E-state index in [0.29, 0.717) is 13.0 Å². The third-order valence-electron chi connectivity index (χ3n) is 3.13. The monoisotopic (exact) mass is 257 g/mol. The fourth-order valence-electron chi connectivity index (χ4n) is 1.89. The molecule has 0 radical (unpaired) electrons. The molecule has 1 rings (SSSR count). The number of amides is 2. The van der Waals surface area contributed by atoms with Gasteiger partial charge in [0, 0.05) is 39.1 Å². The lowest BCUT2D eigenvalue weighted by Crippen LogP contribution is -2.50. The minimum atomic E-state index is -0.753. The van der Waals surface area contributed by atoms with Crippen LogP contribution in [0.3, 0.4) is 0 Å². The van der Waals surface area contributed by atoms with Crippen LogP contribution in [0.1, 0.15) is 25.7 Å². The van der Waals surface area contributed by atoms with Crippen LogP contribution < -0.4 is 5.32 Å². The minimum Gasteiger partial charge on any atom is -0.481 e. The predicted molar refractivity (Wildman–Crippen MR) is 68.6 cm³/mol. The molecule has 1 fully saturated rings. The summed E-state index contributed by atoms with van der Waals surface area (Å²) in [4.78, 5) is 26.1. The maximum Gasteiger partial charge on any atom is 0.317 e. The second-order valence-corrected chi connectivity index (χ2v) is 4.73. The molecule has 18 heavy (non-hydrogen) atoms. The highest BCUT2D eigenvalue weighted by Crippen LogP contribution is 2.01. The molecule has 0 aromatic carbocycles. The van der Waals surface area contributed by atoms with Gasteiger partial charge in [0.15, 0.2) is 0 Å². The molecule has 2 amide bonds. The minimum absolute atomic E-state index is 0.00124. The molecule has 0 spiro atoms. The summed E-state index contributed by atoms with van der Waals surface area (Å²) in [6, 6.07) is 0.00124. The zero-order chi connectivity index (χ0) is 13.4. The van der Waals surface area contributed by atoms with Crippen LogP contribution >= 0.6 is 0 Å². The molecule has 0 bridgehead atoms. The second-order valence-electron chi connectivity index (χ2n) is 4.73. The van der Waals surface area contributed by atoms with Gasteiger partial charge < -0.3 is 20.2 Å². The first-order valence-corrected chi connectivity index (χ1v) is 6.52. The summed E-state index contributed by atoms with van der Waals surface area (Å²) in [5, 5.41) is 11.3. The van der Waals surface area contributed by atoms with Gasteiger partial charge in [0.05, 0.1) is 0 Å². The Morgan fingerprint density at radius 1 is 1.11 bits per heavy atom. The molecule has 0 aliphatic carbocycles. The molecule has 6 nitrogen and oxygen atoms in total. The third kappa shape index (κ3) is 5.86. The molecular formula is C12H23N3O3. The topological polar surface area (TPSA) is 72.9 Å². The first kappa shape index (κ1) is 14.8. The van der Waals surface area contributed by atoms with E-state index in [2.05, 4.69) is 17.3 Å². The molecule has 1 aliphatic heterocycles. The van der Waals surface area contributed by atoms with Crippen molar-refractivity contribution in [1.29, 1.82) is 0 Å². The summed E-state index contributed by atoms with van der Waals surface area (Å²) in [6.07, 6.45) is 2.58. The number of likely N-dealkylation sites (N-methyl/N-ethyl adjacent to an activating group) is 1. The van der Waals surface area contributed by atoms with Gasteiger partial charge in [-0.1, -0.05) is 6.42 Å². The van der Waals surface area contributed by atoms with E-state index in [4.69, 9.17) is 5.11 Å². The number of carboxylic acids is 1. The smallest absolute Gasteiger partial charge is 0.317 e. The van der Waals surface area contributed by atoms with Crippen molar-refractivity contribution in [2.45, 2.75) is 25.7 Å². The van der Waals surface area contributed by atoms with Crippen molar-refractivity contribution in [3.05, 3.63) is 0 Å². The normalized spacial score (nSPS) is 16.6. The summed E-state index contributed by atoms with van der Waals surface area (Å²) < 4.78 is 0. The van der Waals surface area contributed by atoms with E-state index in [-0.39, 0.29) is 12.5 Å². The average molecular weight is 257 g/mol. The van der Waals surface area contributed by atoms with Crippen molar-refractivity contribution in [2.24, 2.45) is 0 Å². The first-order valence-electron chi connectivity index (χ1n) is 6.52. The lowest BCUT2D eigenvalue weighted by atomic mass is 10.2. The molecule has 1 saturated heterocycles. The molecule has 0 unspecified atom stereocenters. The number of aliphatic carboxylic acids is 1. The Bertz CT molecular complexity index is 276. The Hall–Kier alpha value is -1.30. The number of hydrogen-bond acceptors (Lipinski definition) is 3. The largest absolute Gasteiger partial charge is 0.481 e. The fraction of sp³-hybridized carbons (Fsp3) is 0.833. The fourth-order valence-corrected chi connectivity index (χ4v) is 1.89. The van der Waals surface area contributed by atoms with E-state index in [0.717, 1.165) is 39.0 Å². The van der Waals surface area contributed by atoms with Gasteiger partial charge in [-0.15, -0.1) is 0 Å². The predicted octanol–water partition coefficient (Wildman–Crippen LogP) is 0.588. The first-order chi connectivity index (χ1) is 8.59. The van der Waals surface area contributed by atoms with Crippen LogP contribution in [0.15, 0.2) is 0 Å². The maximum absolute atomic E-state index is 11.7. The van der Waals surface area contributed by atoms with E-state index in [1.807, 2.05) is 4.90 Å². The molecule has 1 aliphatic rings. The van der Waals surface area contributed by atoms with Crippen molar-refractivity contribution in [1.82, 2.24) is 15.1 Å². The Kier molecular flexibility index (Phi) is 6.49. The molecule has 0 atom stereocenters. The Balaban J connectivity index is 2.01. The van der Waals surface area contributed by atoms with E-state index in [1.165, 1.54) is 0 Å². The molecule has 6 heteroatoms. The van der Waals surface area contributed by atoms with Crippen LogP contribution in [0, 0.1) is 0 Å². The van der Waals surface area contributed by atoms with Gasteiger partial charge in [-0.3, -0.25) is 4.79 Å². The van der Waals surface area contributed by atoms with Crippen LogP contribution in [-0.2, 0) is 4.79 Å². The van der Waals surface area contributed by atoms with Gasteiger partial charge >= 0.3 is 12.0 Å². The van der Waals surface area contributed by atoms with E-state index >= 15 is 0 Å². The van der Waals surface area contributed by atoms with Gasteiger partial charge in [0.1, 0.15) is 0 Å². The molecule has 0 saturated carbocycles. The number of nitrogens with one attached hydrogen (secondary N) is 1. The number of carbonyl (C=O) groups is 2. The van der Waals surface area contributed by atoms with Gasteiger partial charge in [0.2, 0.25) is 0 Å². The highest BCUT2D eigenvalue weighted by molar-refractivity contribution is 5.74. The van der Waals surface area contributed by atoms with Crippen molar-refractivity contribution in [3.8, 4) is 0 Å². The molecular weight excluding hydrogens is 234 g/mol. The molecule has 0 aromatic heterocycles. The van der Waals surface area contributed by atoms with Gasteiger partial charge in [0.25, 0.3) is 0 Å². The average Bonchev–Trinajstić information content (AvgIpc) is 2.34. The van der Waals surface area contributed by atoms with Crippen molar-refractivity contribution in [2.75, 3.05) is 39.8 Å². The number of rotatable bonds is 6. The van der Waals surface area contributed by atoms with E-state index in [1.54, 1.807) is 0 Å². The summed E-state index contributed by atoms with van der Waals surface area (Å²) in [7, 11) is 2.05. The quantitative estimate of drug-likeness (QED) is 0.683. The van der Waals surface area contributed by atoms with Crippen LogP contribution in [-0.4, -0.2) is 66.7 Å². The summed E-state index contributed by atoms with van der Waals surface area (Å²) in [5.41, 5.74) is 0. The van der Waals surface area contributed by atoms with Crippen LogP contribution in [0.2, 0.25) is 0 Å². The van der Waals surface area contributed by atoms with Crippen LogP contribution in [0.5, 0.6) is 0 Å². The number of hydrogen-bond donors (Lipinski definition) is 2. The van der Waals surface area contributed by atoms with Crippen molar-refractivity contribution < 1.29 is 14.7 Å². The Morgan fingerprint density at radius 3 is 2.39 bits per heavy atom. The molecule has 2 N–H and O–H groups in total. The molecule has 1 heterocycles. The lowest BCUT2D eigenvalue weighted by molar-refractivity contribution is -0.137. The van der Waals surface area contributed by atoms with Crippen molar-refractivity contribution >= 4 is 12.0 Å². The number of nitrogens with zero attached hydrogens (tertiary/aromatic N) is 2. The second kappa shape index (κ2) is 7.92. The molecule has 0 aromatic rings. The summed E-state index contributed by atoms with van der Waals surface area (Å²) >= 11 is 0.